The first-order valence-corrected chi connectivity index (χ1v) is 5.61. The van der Waals surface area contributed by atoms with Crippen LogP contribution in [0.3, 0.4) is 0 Å². The summed E-state index contributed by atoms with van der Waals surface area (Å²) in [7, 11) is 0. The van der Waals surface area contributed by atoms with E-state index in [1.54, 1.807) is 12.1 Å². The number of amides is 1. The molecule has 0 aromatic heterocycles. The van der Waals surface area contributed by atoms with E-state index in [4.69, 9.17) is 23.2 Å². The molecule has 0 saturated heterocycles. The Hall–Kier alpha value is -0.510. The van der Waals surface area contributed by atoms with E-state index >= 15 is 0 Å². The fraction of sp³-hybridized carbons (Fsp3) is 0.111. The maximum absolute atomic E-state index is 10.9. The van der Waals surface area contributed by atoms with Gasteiger partial charge in [-0.1, -0.05) is 41.0 Å². The fourth-order valence-electron chi connectivity index (χ4n) is 1.13. The molecule has 2 rings (SSSR count). The van der Waals surface area contributed by atoms with E-state index < -0.39 is 0 Å². The number of carbonyl (C=O) groups excluding carboxylic acids is 1. The number of hydrogen-bond donors (Lipinski definition) is 0. The van der Waals surface area contributed by atoms with Crippen molar-refractivity contribution >= 4 is 45.9 Å². The van der Waals surface area contributed by atoms with Crippen molar-refractivity contribution < 1.29 is 4.79 Å². The van der Waals surface area contributed by atoms with Gasteiger partial charge in [-0.15, -0.1) is 0 Å². The molecule has 1 aliphatic rings. The lowest BCUT2D eigenvalue weighted by atomic mass is 10.1. The van der Waals surface area contributed by atoms with Gasteiger partial charge in [-0.2, -0.15) is 0 Å². The summed E-state index contributed by atoms with van der Waals surface area (Å²) in [5.41, 5.74) is 1.62. The van der Waals surface area contributed by atoms with Crippen LogP contribution < -0.4 is 0 Å². The topological polar surface area (TPSA) is 29.4 Å². The Balaban J connectivity index is 2.38. The third kappa shape index (κ3) is 1.95. The van der Waals surface area contributed by atoms with Gasteiger partial charge < -0.3 is 0 Å². The number of nitrogens with zero attached hydrogens (tertiary/aromatic N) is 1. The highest BCUT2D eigenvalue weighted by molar-refractivity contribution is 8.14. The van der Waals surface area contributed by atoms with Gasteiger partial charge in [-0.05, 0) is 17.7 Å². The molecule has 1 aliphatic heterocycles. The summed E-state index contributed by atoms with van der Waals surface area (Å²) in [6, 6.07) is 5.24. The standard InChI is InChI=1S/C9H5Cl2NOS/c10-6-2-1-5(3-7(6)11)8-4-14-9(13)12-8/h1-3H,4H2. The number of aliphatic imine (C=N–C) groups is 1. The van der Waals surface area contributed by atoms with E-state index in [-0.39, 0.29) is 5.24 Å². The molecule has 0 atom stereocenters. The minimum absolute atomic E-state index is 0.147. The molecule has 1 aromatic carbocycles. The van der Waals surface area contributed by atoms with E-state index in [0.717, 1.165) is 11.3 Å². The summed E-state index contributed by atoms with van der Waals surface area (Å²) in [6.07, 6.45) is 0. The van der Waals surface area contributed by atoms with Gasteiger partial charge in [0.25, 0.3) is 0 Å². The summed E-state index contributed by atoms with van der Waals surface area (Å²) in [4.78, 5) is 14.8. The number of carbonyl (C=O) groups is 1. The van der Waals surface area contributed by atoms with Crippen LogP contribution in [0.2, 0.25) is 10.0 Å². The Kier molecular flexibility index (Phi) is 2.81. The van der Waals surface area contributed by atoms with Crippen LogP contribution in [0.4, 0.5) is 4.79 Å². The number of halogens is 2. The van der Waals surface area contributed by atoms with Crippen LogP contribution in [-0.2, 0) is 0 Å². The van der Waals surface area contributed by atoms with Crippen molar-refractivity contribution in [3.8, 4) is 0 Å². The molecule has 1 amide bonds. The fourth-order valence-corrected chi connectivity index (χ4v) is 2.09. The summed E-state index contributed by atoms with van der Waals surface area (Å²) in [6.45, 7) is 0. The second kappa shape index (κ2) is 3.93. The highest BCUT2D eigenvalue weighted by atomic mass is 35.5. The number of thioether (sulfide) groups is 1. The number of hydrogen-bond acceptors (Lipinski definition) is 2. The molecule has 0 spiro atoms. The highest BCUT2D eigenvalue weighted by Crippen LogP contribution is 2.25. The zero-order chi connectivity index (χ0) is 10.1. The predicted octanol–water partition coefficient (Wildman–Crippen LogP) is 3.65. The van der Waals surface area contributed by atoms with E-state index in [1.807, 2.05) is 6.07 Å². The summed E-state index contributed by atoms with van der Waals surface area (Å²) < 4.78 is 0. The predicted molar refractivity (Wildman–Crippen MR) is 60.9 cm³/mol. The molecule has 0 aliphatic carbocycles. The van der Waals surface area contributed by atoms with Gasteiger partial charge in [-0.3, -0.25) is 4.79 Å². The monoisotopic (exact) mass is 245 g/mol. The summed E-state index contributed by atoms with van der Waals surface area (Å²) in [5.74, 6) is 0.608. The average Bonchev–Trinajstić information content (AvgIpc) is 2.57. The largest absolute Gasteiger partial charge is 0.305 e. The number of rotatable bonds is 1. The van der Waals surface area contributed by atoms with E-state index in [1.165, 1.54) is 11.8 Å². The van der Waals surface area contributed by atoms with Gasteiger partial charge in [0.1, 0.15) is 0 Å². The average molecular weight is 246 g/mol. The Bertz CT molecular complexity index is 431. The van der Waals surface area contributed by atoms with Gasteiger partial charge in [0.05, 0.1) is 15.8 Å². The molecular formula is C9H5Cl2NOS. The SMILES string of the molecule is O=C1N=C(c2ccc(Cl)c(Cl)c2)CS1. The van der Waals surface area contributed by atoms with Crippen LogP contribution >= 0.6 is 35.0 Å². The van der Waals surface area contributed by atoms with Crippen LogP contribution in [0.15, 0.2) is 23.2 Å². The molecular weight excluding hydrogens is 241 g/mol. The Morgan fingerprint density at radius 2 is 2.07 bits per heavy atom. The first-order chi connectivity index (χ1) is 6.66. The minimum atomic E-state index is -0.147. The second-order valence-corrected chi connectivity index (χ2v) is 4.48. The normalized spacial score (nSPS) is 15.9. The van der Waals surface area contributed by atoms with Crippen LogP contribution in [0.5, 0.6) is 0 Å². The van der Waals surface area contributed by atoms with Crippen molar-refractivity contribution in [2.24, 2.45) is 4.99 Å². The second-order valence-electron chi connectivity index (χ2n) is 2.74. The van der Waals surface area contributed by atoms with Crippen molar-refractivity contribution in [2.45, 2.75) is 0 Å². The van der Waals surface area contributed by atoms with E-state index in [0.29, 0.717) is 15.8 Å². The summed E-state index contributed by atoms with van der Waals surface area (Å²) in [5, 5.41) is 0.843. The molecule has 0 saturated carbocycles. The molecule has 0 N–H and O–H groups in total. The molecule has 5 heteroatoms. The van der Waals surface area contributed by atoms with Crippen LogP contribution in [-0.4, -0.2) is 16.7 Å². The number of benzene rings is 1. The summed E-state index contributed by atoms with van der Waals surface area (Å²) >= 11 is 12.8. The van der Waals surface area contributed by atoms with Crippen LogP contribution in [0.1, 0.15) is 5.56 Å². The minimum Gasteiger partial charge on any atom is -0.259 e. The van der Waals surface area contributed by atoms with Gasteiger partial charge in [0.15, 0.2) is 0 Å². The lowest BCUT2D eigenvalue weighted by Gasteiger charge is -2.00. The molecule has 1 heterocycles. The molecule has 0 radical (unpaired) electrons. The third-order valence-electron chi connectivity index (χ3n) is 1.81. The lowest BCUT2D eigenvalue weighted by molar-refractivity contribution is 0.268. The van der Waals surface area contributed by atoms with Crippen LogP contribution in [0, 0.1) is 0 Å². The van der Waals surface area contributed by atoms with E-state index in [2.05, 4.69) is 4.99 Å². The highest BCUT2D eigenvalue weighted by Gasteiger charge is 2.16. The molecule has 14 heavy (non-hydrogen) atoms. The van der Waals surface area contributed by atoms with Crippen molar-refractivity contribution in [3.63, 3.8) is 0 Å². The van der Waals surface area contributed by atoms with Crippen molar-refractivity contribution in [2.75, 3.05) is 5.75 Å². The van der Waals surface area contributed by atoms with Crippen molar-refractivity contribution in [3.05, 3.63) is 33.8 Å². The third-order valence-corrected chi connectivity index (χ3v) is 3.31. The Labute approximate surface area is 95.3 Å². The first kappa shape index (κ1) is 10.0. The molecule has 0 fully saturated rings. The van der Waals surface area contributed by atoms with Crippen LogP contribution in [0.25, 0.3) is 0 Å². The molecule has 1 aromatic rings. The van der Waals surface area contributed by atoms with Crippen molar-refractivity contribution in [1.82, 2.24) is 0 Å². The first-order valence-electron chi connectivity index (χ1n) is 3.86. The van der Waals surface area contributed by atoms with Gasteiger partial charge in [0.2, 0.25) is 0 Å². The molecule has 0 bridgehead atoms. The zero-order valence-corrected chi connectivity index (χ0v) is 9.29. The smallest absolute Gasteiger partial charge is 0.259 e. The van der Waals surface area contributed by atoms with Gasteiger partial charge in [-0.25, -0.2) is 4.99 Å². The van der Waals surface area contributed by atoms with Gasteiger partial charge >= 0.3 is 5.24 Å². The Morgan fingerprint density at radius 3 is 2.64 bits per heavy atom. The maximum atomic E-state index is 10.9. The Morgan fingerprint density at radius 1 is 1.29 bits per heavy atom. The maximum Gasteiger partial charge on any atom is 0.305 e. The van der Waals surface area contributed by atoms with Gasteiger partial charge in [0, 0.05) is 5.75 Å². The molecule has 0 unspecified atom stereocenters. The quantitative estimate of drug-likeness (QED) is 0.756. The zero-order valence-electron chi connectivity index (χ0n) is 6.96. The molecule has 72 valence electrons. The molecule has 2 nitrogen and oxygen atoms in total. The lowest BCUT2D eigenvalue weighted by Crippen LogP contribution is -1.99. The van der Waals surface area contributed by atoms with E-state index in [9.17, 15) is 4.79 Å². The van der Waals surface area contributed by atoms with Crippen molar-refractivity contribution in [1.29, 1.82) is 0 Å².